The van der Waals surface area contributed by atoms with Crippen LogP contribution in [0, 0.1) is 6.92 Å². The molecule has 0 aliphatic heterocycles. The van der Waals surface area contributed by atoms with E-state index in [1.807, 2.05) is 56.4 Å². The van der Waals surface area contributed by atoms with E-state index in [9.17, 15) is 5.11 Å². The minimum Gasteiger partial charge on any atom is -0.493 e. The van der Waals surface area contributed by atoms with Gasteiger partial charge in [0.15, 0.2) is 17.3 Å². The summed E-state index contributed by atoms with van der Waals surface area (Å²) in [6.45, 7) is 4.60. The van der Waals surface area contributed by atoms with Crippen LogP contribution < -0.4 is 14.8 Å². The minimum atomic E-state index is -0.616. The molecular formula is C24H31N3O4. The fourth-order valence-corrected chi connectivity index (χ4v) is 3.33. The van der Waals surface area contributed by atoms with E-state index < -0.39 is 6.10 Å². The van der Waals surface area contributed by atoms with Crippen LogP contribution in [0.1, 0.15) is 22.6 Å². The van der Waals surface area contributed by atoms with Gasteiger partial charge in [-0.2, -0.15) is 0 Å². The van der Waals surface area contributed by atoms with Crippen molar-refractivity contribution in [3.63, 3.8) is 0 Å². The Bertz CT molecular complexity index is 930. The molecule has 0 radical (unpaired) electrons. The number of aryl methyl sites for hydroxylation is 1. The molecule has 0 amide bonds. The van der Waals surface area contributed by atoms with Crippen molar-refractivity contribution >= 4 is 0 Å². The lowest BCUT2D eigenvalue weighted by atomic mass is 10.2. The molecule has 2 aromatic carbocycles. The highest BCUT2D eigenvalue weighted by Crippen LogP contribution is 2.28. The van der Waals surface area contributed by atoms with Crippen LogP contribution in [0.2, 0.25) is 0 Å². The lowest BCUT2D eigenvalue weighted by Crippen LogP contribution is -2.32. The largest absolute Gasteiger partial charge is 0.493 e. The highest BCUT2D eigenvalue weighted by Gasteiger charge is 2.12. The molecule has 3 rings (SSSR count). The average Bonchev–Trinajstić information content (AvgIpc) is 3.18. The molecule has 0 bridgehead atoms. The van der Waals surface area contributed by atoms with Crippen molar-refractivity contribution in [1.29, 1.82) is 0 Å². The second kappa shape index (κ2) is 11.5. The Morgan fingerprint density at radius 3 is 2.58 bits per heavy atom. The number of aliphatic hydroxyl groups is 1. The molecule has 3 aromatic rings. The highest BCUT2D eigenvalue weighted by molar-refractivity contribution is 5.43. The SMILES string of the molecule is COc1ccc(CNCc2cc(C)no2)cc1OC[C@@H](O)CN(C)Cc1ccccc1. The lowest BCUT2D eigenvalue weighted by molar-refractivity contribution is 0.0732. The topological polar surface area (TPSA) is 80.0 Å². The summed E-state index contributed by atoms with van der Waals surface area (Å²) in [5.74, 6) is 2.05. The number of benzene rings is 2. The Kier molecular flexibility index (Phi) is 8.46. The normalized spacial score (nSPS) is 12.2. The molecule has 0 aliphatic rings. The first-order valence-electron chi connectivity index (χ1n) is 10.4. The van der Waals surface area contributed by atoms with Gasteiger partial charge in [-0.3, -0.25) is 4.90 Å². The molecule has 0 saturated heterocycles. The fourth-order valence-electron chi connectivity index (χ4n) is 3.33. The average molecular weight is 426 g/mol. The third-order valence-electron chi connectivity index (χ3n) is 4.78. The van der Waals surface area contributed by atoms with Crippen LogP contribution in [0.3, 0.4) is 0 Å². The quantitative estimate of drug-likeness (QED) is 0.461. The van der Waals surface area contributed by atoms with Crippen LogP contribution in [0.5, 0.6) is 11.5 Å². The Balaban J connectivity index is 1.49. The van der Waals surface area contributed by atoms with Gasteiger partial charge in [0.2, 0.25) is 0 Å². The van der Waals surface area contributed by atoms with Crippen LogP contribution in [-0.2, 0) is 19.6 Å². The summed E-state index contributed by atoms with van der Waals surface area (Å²) in [5.41, 5.74) is 3.12. The van der Waals surface area contributed by atoms with Gasteiger partial charge in [-0.05, 0) is 37.2 Å². The van der Waals surface area contributed by atoms with Crippen molar-refractivity contribution < 1.29 is 19.1 Å². The van der Waals surface area contributed by atoms with Gasteiger partial charge < -0.3 is 24.4 Å². The predicted molar refractivity (Wildman–Crippen MR) is 119 cm³/mol. The van der Waals surface area contributed by atoms with Crippen molar-refractivity contribution in [1.82, 2.24) is 15.4 Å². The highest BCUT2D eigenvalue weighted by atomic mass is 16.5. The van der Waals surface area contributed by atoms with Gasteiger partial charge in [-0.1, -0.05) is 41.6 Å². The molecule has 31 heavy (non-hydrogen) atoms. The molecule has 7 heteroatoms. The maximum atomic E-state index is 10.4. The van der Waals surface area contributed by atoms with E-state index in [2.05, 4.69) is 27.5 Å². The van der Waals surface area contributed by atoms with E-state index in [1.54, 1.807) is 7.11 Å². The van der Waals surface area contributed by atoms with Crippen LogP contribution in [-0.4, -0.2) is 48.6 Å². The number of aliphatic hydroxyl groups excluding tert-OH is 1. The molecule has 7 nitrogen and oxygen atoms in total. The minimum absolute atomic E-state index is 0.184. The second-order valence-corrected chi connectivity index (χ2v) is 7.67. The van der Waals surface area contributed by atoms with E-state index >= 15 is 0 Å². The molecule has 1 heterocycles. The van der Waals surface area contributed by atoms with Gasteiger partial charge in [0.25, 0.3) is 0 Å². The first-order chi connectivity index (χ1) is 15.0. The molecule has 0 aliphatic carbocycles. The predicted octanol–water partition coefficient (Wildman–Crippen LogP) is 3.15. The standard InChI is InChI=1S/C24H31N3O4/c1-18-11-22(31-26-18)14-25-13-20-9-10-23(29-3)24(12-20)30-17-21(28)16-27(2)15-19-7-5-4-6-8-19/h4-12,21,25,28H,13-17H2,1-3H3/t21-/m0/s1. The zero-order valence-electron chi connectivity index (χ0n) is 18.4. The summed E-state index contributed by atoms with van der Waals surface area (Å²) >= 11 is 0. The summed E-state index contributed by atoms with van der Waals surface area (Å²) in [6, 6.07) is 17.9. The Hall–Kier alpha value is -2.87. The summed E-state index contributed by atoms with van der Waals surface area (Å²) in [6.07, 6.45) is -0.616. The van der Waals surface area contributed by atoms with Crippen molar-refractivity contribution in [2.75, 3.05) is 27.3 Å². The van der Waals surface area contributed by atoms with Crippen LogP contribution in [0.4, 0.5) is 0 Å². The Morgan fingerprint density at radius 1 is 1.06 bits per heavy atom. The number of rotatable bonds is 12. The summed E-state index contributed by atoms with van der Waals surface area (Å²) < 4.78 is 16.5. The number of aromatic nitrogens is 1. The molecule has 166 valence electrons. The number of hydrogen-bond acceptors (Lipinski definition) is 7. The monoisotopic (exact) mass is 425 g/mol. The molecule has 0 saturated carbocycles. The first kappa shape index (κ1) is 22.8. The van der Waals surface area contributed by atoms with E-state index in [1.165, 1.54) is 5.56 Å². The zero-order chi connectivity index (χ0) is 22.1. The maximum Gasteiger partial charge on any atom is 0.161 e. The van der Waals surface area contributed by atoms with Gasteiger partial charge in [0, 0.05) is 25.7 Å². The Labute approximate surface area is 183 Å². The van der Waals surface area contributed by atoms with Crippen molar-refractivity contribution in [2.24, 2.45) is 0 Å². The van der Waals surface area contributed by atoms with Crippen molar-refractivity contribution in [3.8, 4) is 11.5 Å². The van der Waals surface area contributed by atoms with Gasteiger partial charge in [0.1, 0.15) is 12.7 Å². The van der Waals surface area contributed by atoms with Crippen molar-refractivity contribution in [3.05, 3.63) is 77.2 Å². The number of ether oxygens (including phenoxy) is 2. The van der Waals surface area contributed by atoms with E-state index in [0.29, 0.717) is 31.1 Å². The molecule has 2 N–H and O–H groups in total. The van der Waals surface area contributed by atoms with Crippen LogP contribution in [0.15, 0.2) is 59.1 Å². The Morgan fingerprint density at radius 2 is 1.87 bits per heavy atom. The van der Waals surface area contributed by atoms with E-state index in [0.717, 1.165) is 23.6 Å². The summed E-state index contributed by atoms with van der Waals surface area (Å²) in [7, 11) is 3.59. The number of nitrogens with one attached hydrogen (secondary N) is 1. The van der Waals surface area contributed by atoms with Gasteiger partial charge in [-0.25, -0.2) is 0 Å². The number of hydrogen-bond donors (Lipinski definition) is 2. The lowest BCUT2D eigenvalue weighted by Gasteiger charge is -2.21. The molecule has 0 unspecified atom stereocenters. The summed E-state index contributed by atoms with van der Waals surface area (Å²) in [5, 5.41) is 17.6. The zero-order valence-corrected chi connectivity index (χ0v) is 18.4. The number of likely N-dealkylation sites (N-methyl/N-ethyl adjacent to an activating group) is 1. The first-order valence-corrected chi connectivity index (χ1v) is 10.4. The molecule has 1 aromatic heterocycles. The van der Waals surface area contributed by atoms with E-state index in [-0.39, 0.29) is 6.61 Å². The van der Waals surface area contributed by atoms with Crippen LogP contribution in [0.25, 0.3) is 0 Å². The van der Waals surface area contributed by atoms with Gasteiger partial charge >= 0.3 is 0 Å². The maximum absolute atomic E-state index is 10.4. The van der Waals surface area contributed by atoms with Gasteiger partial charge in [-0.15, -0.1) is 0 Å². The molecule has 0 spiro atoms. The molecule has 1 atom stereocenters. The molecule has 0 fully saturated rings. The number of methoxy groups -OCH3 is 1. The smallest absolute Gasteiger partial charge is 0.161 e. The van der Waals surface area contributed by atoms with Crippen molar-refractivity contribution in [2.45, 2.75) is 32.7 Å². The van der Waals surface area contributed by atoms with Crippen LogP contribution >= 0.6 is 0 Å². The third-order valence-corrected chi connectivity index (χ3v) is 4.78. The van der Waals surface area contributed by atoms with E-state index in [4.69, 9.17) is 14.0 Å². The summed E-state index contributed by atoms with van der Waals surface area (Å²) in [4.78, 5) is 2.08. The third kappa shape index (κ3) is 7.40. The molecular weight excluding hydrogens is 394 g/mol. The number of nitrogens with zero attached hydrogens (tertiary/aromatic N) is 2. The fraction of sp³-hybridized carbons (Fsp3) is 0.375. The second-order valence-electron chi connectivity index (χ2n) is 7.67. The van der Waals surface area contributed by atoms with Gasteiger partial charge in [0.05, 0.1) is 19.3 Å².